The summed E-state index contributed by atoms with van der Waals surface area (Å²) in [5.74, 6) is 0. The van der Waals surface area contributed by atoms with E-state index in [-0.39, 0.29) is 13.2 Å². The number of carbonyl (C=O) groups is 1. The molecule has 0 aliphatic carbocycles. The van der Waals surface area contributed by atoms with Crippen LogP contribution < -0.4 is 10.9 Å². The normalized spacial score (nSPS) is 16.3. The summed E-state index contributed by atoms with van der Waals surface area (Å²) in [6.07, 6.45) is -2.78. The molecule has 0 bridgehead atoms. The number of hydrogen-bond acceptors (Lipinski definition) is 4. The van der Waals surface area contributed by atoms with Crippen molar-refractivity contribution in [3.63, 3.8) is 0 Å². The van der Waals surface area contributed by atoms with Crippen LogP contribution in [0, 0.1) is 0 Å². The Labute approximate surface area is 145 Å². The molecular formula is C15H17BrF3N3O2. The Morgan fingerprint density at radius 2 is 2.04 bits per heavy atom. The van der Waals surface area contributed by atoms with Crippen LogP contribution in [0.5, 0.6) is 0 Å². The van der Waals surface area contributed by atoms with Gasteiger partial charge in [-0.3, -0.25) is 0 Å². The highest BCUT2D eigenvalue weighted by Crippen LogP contribution is 2.23. The van der Waals surface area contributed by atoms with Crippen molar-refractivity contribution in [2.24, 2.45) is 0 Å². The van der Waals surface area contributed by atoms with Gasteiger partial charge in [-0.1, -0.05) is 46.3 Å². The first-order valence-corrected chi connectivity index (χ1v) is 8.15. The summed E-state index contributed by atoms with van der Waals surface area (Å²) in [5, 5.41) is 0. The number of rotatable bonds is 5. The SMILES string of the molecule is O=C(OCc1ccccc1)N1CC=C(NNC(Br)C(F)(F)F)CC1. The maximum Gasteiger partial charge on any atom is 0.415 e. The molecule has 1 aromatic carbocycles. The fraction of sp³-hybridized carbons (Fsp3) is 0.400. The zero-order chi connectivity index (χ0) is 17.6. The number of ether oxygens (including phenoxy) is 1. The van der Waals surface area contributed by atoms with E-state index < -0.39 is 17.2 Å². The Kier molecular flexibility index (Phi) is 6.50. The van der Waals surface area contributed by atoms with Crippen molar-refractivity contribution in [1.29, 1.82) is 0 Å². The van der Waals surface area contributed by atoms with Crippen LogP contribution in [-0.4, -0.2) is 35.2 Å². The first kappa shape index (κ1) is 18.6. The van der Waals surface area contributed by atoms with Crippen LogP contribution in [0.1, 0.15) is 12.0 Å². The zero-order valence-electron chi connectivity index (χ0n) is 12.6. The summed E-state index contributed by atoms with van der Waals surface area (Å²) in [7, 11) is 0. The van der Waals surface area contributed by atoms with Crippen LogP contribution in [0.3, 0.4) is 0 Å². The van der Waals surface area contributed by atoms with Gasteiger partial charge in [0.1, 0.15) is 6.61 Å². The van der Waals surface area contributed by atoms with Crippen LogP contribution in [0.25, 0.3) is 0 Å². The minimum Gasteiger partial charge on any atom is -0.445 e. The highest BCUT2D eigenvalue weighted by molar-refractivity contribution is 9.09. The minimum atomic E-state index is -4.39. The number of hydrogen-bond donors (Lipinski definition) is 2. The van der Waals surface area contributed by atoms with Crippen molar-refractivity contribution < 1.29 is 22.7 Å². The molecule has 1 amide bonds. The molecule has 2 rings (SSSR count). The van der Waals surface area contributed by atoms with Gasteiger partial charge in [0, 0.05) is 25.2 Å². The second-order valence-corrected chi connectivity index (χ2v) is 6.05. The molecule has 132 valence electrons. The Bertz CT molecular complexity index is 581. The van der Waals surface area contributed by atoms with E-state index >= 15 is 0 Å². The quantitative estimate of drug-likeness (QED) is 0.446. The lowest BCUT2D eigenvalue weighted by Gasteiger charge is -2.27. The Morgan fingerprint density at radius 1 is 1.33 bits per heavy atom. The third kappa shape index (κ3) is 5.72. The topological polar surface area (TPSA) is 53.6 Å². The number of hydrazine groups is 1. The van der Waals surface area contributed by atoms with Gasteiger partial charge in [-0.15, -0.1) is 0 Å². The number of halogens is 4. The van der Waals surface area contributed by atoms with Crippen molar-refractivity contribution in [3.05, 3.63) is 47.7 Å². The average Bonchev–Trinajstić information content (AvgIpc) is 2.58. The van der Waals surface area contributed by atoms with Crippen molar-refractivity contribution in [2.75, 3.05) is 13.1 Å². The summed E-state index contributed by atoms with van der Waals surface area (Å²) >= 11 is 2.49. The molecule has 1 unspecified atom stereocenters. The largest absolute Gasteiger partial charge is 0.445 e. The summed E-state index contributed by atoms with van der Waals surface area (Å²) in [4.78, 5) is 11.6. The first-order chi connectivity index (χ1) is 11.4. The van der Waals surface area contributed by atoms with Gasteiger partial charge in [0.05, 0.1) is 0 Å². The van der Waals surface area contributed by atoms with Crippen molar-refractivity contribution in [3.8, 4) is 0 Å². The third-order valence-electron chi connectivity index (χ3n) is 3.32. The Hall–Kier alpha value is -1.74. The molecule has 1 heterocycles. The highest BCUT2D eigenvalue weighted by Gasteiger charge is 2.37. The molecule has 1 aromatic rings. The van der Waals surface area contributed by atoms with Crippen molar-refractivity contribution in [1.82, 2.24) is 15.8 Å². The maximum absolute atomic E-state index is 12.4. The molecule has 0 saturated carbocycles. The number of amides is 1. The second-order valence-electron chi connectivity index (χ2n) is 5.14. The molecular weight excluding hydrogens is 391 g/mol. The number of nitrogens with zero attached hydrogens (tertiary/aromatic N) is 1. The summed E-state index contributed by atoms with van der Waals surface area (Å²) < 4.78 is 42.3. The lowest BCUT2D eigenvalue weighted by molar-refractivity contribution is -0.134. The first-order valence-electron chi connectivity index (χ1n) is 7.23. The molecule has 24 heavy (non-hydrogen) atoms. The fourth-order valence-corrected chi connectivity index (χ4v) is 2.11. The fourth-order valence-electron chi connectivity index (χ4n) is 2.00. The van der Waals surface area contributed by atoms with Gasteiger partial charge in [0.2, 0.25) is 0 Å². The van der Waals surface area contributed by atoms with Crippen LogP contribution in [0.2, 0.25) is 0 Å². The standard InChI is InChI=1S/C15H17BrF3N3O2/c16-13(15(17,18)19)21-20-12-6-8-22(9-7-12)14(23)24-10-11-4-2-1-3-5-11/h1-6,13,20-21H,7-10H2. The van der Waals surface area contributed by atoms with Gasteiger partial charge in [0.15, 0.2) is 4.95 Å². The molecule has 5 nitrogen and oxygen atoms in total. The number of carbonyl (C=O) groups excluding carboxylic acids is 1. The predicted octanol–water partition coefficient (Wildman–Crippen LogP) is 3.29. The monoisotopic (exact) mass is 407 g/mol. The smallest absolute Gasteiger partial charge is 0.415 e. The molecule has 0 spiro atoms. The highest BCUT2D eigenvalue weighted by atomic mass is 79.9. The molecule has 9 heteroatoms. The minimum absolute atomic E-state index is 0.184. The predicted molar refractivity (Wildman–Crippen MR) is 85.9 cm³/mol. The van der Waals surface area contributed by atoms with Crippen molar-refractivity contribution in [2.45, 2.75) is 24.2 Å². The second kappa shape index (κ2) is 8.39. The molecule has 1 aliphatic rings. The lowest BCUT2D eigenvalue weighted by Crippen LogP contribution is -2.46. The number of nitrogens with one attached hydrogen (secondary N) is 2. The molecule has 0 fully saturated rings. The zero-order valence-corrected chi connectivity index (χ0v) is 14.2. The Morgan fingerprint density at radius 3 is 2.62 bits per heavy atom. The van der Waals surface area contributed by atoms with E-state index in [0.29, 0.717) is 18.7 Å². The number of benzene rings is 1. The van der Waals surface area contributed by atoms with Crippen LogP contribution in [-0.2, 0) is 11.3 Å². The third-order valence-corrected chi connectivity index (χ3v) is 4.07. The van der Waals surface area contributed by atoms with E-state index in [4.69, 9.17) is 4.74 Å². The van der Waals surface area contributed by atoms with Crippen LogP contribution >= 0.6 is 15.9 Å². The van der Waals surface area contributed by atoms with Crippen molar-refractivity contribution >= 4 is 22.0 Å². The van der Waals surface area contributed by atoms with E-state index in [1.165, 1.54) is 4.90 Å². The molecule has 1 aliphatic heterocycles. The molecule has 1 atom stereocenters. The van der Waals surface area contributed by atoms with E-state index in [1.54, 1.807) is 6.08 Å². The van der Waals surface area contributed by atoms with Gasteiger partial charge < -0.3 is 15.1 Å². The van der Waals surface area contributed by atoms with Gasteiger partial charge >= 0.3 is 12.3 Å². The average molecular weight is 408 g/mol. The van der Waals surface area contributed by atoms with E-state index in [2.05, 4.69) is 26.8 Å². The van der Waals surface area contributed by atoms with E-state index in [1.807, 2.05) is 30.3 Å². The van der Waals surface area contributed by atoms with E-state index in [0.717, 1.165) is 5.56 Å². The maximum atomic E-state index is 12.4. The van der Waals surface area contributed by atoms with Crippen LogP contribution in [0.4, 0.5) is 18.0 Å². The van der Waals surface area contributed by atoms with E-state index in [9.17, 15) is 18.0 Å². The summed E-state index contributed by atoms with van der Waals surface area (Å²) in [5.41, 5.74) is 6.12. The van der Waals surface area contributed by atoms with Gasteiger partial charge in [-0.25, -0.2) is 10.2 Å². The van der Waals surface area contributed by atoms with Gasteiger partial charge in [-0.2, -0.15) is 13.2 Å². The Balaban J connectivity index is 1.74. The summed E-state index contributed by atoms with van der Waals surface area (Å²) in [6.45, 7) is 0.827. The molecule has 0 aromatic heterocycles. The molecule has 2 N–H and O–H groups in total. The lowest BCUT2D eigenvalue weighted by atomic mass is 10.2. The molecule has 0 radical (unpaired) electrons. The number of alkyl halides is 4. The molecule has 0 saturated heterocycles. The van der Waals surface area contributed by atoms with Gasteiger partial charge in [0.25, 0.3) is 0 Å². The van der Waals surface area contributed by atoms with Crippen LogP contribution in [0.15, 0.2) is 42.1 Å². The van der Waals surface area contributed by atoms with Gasteiger partial charge in [-0.05, 0) is 11.6 Å². The summed E-state index contributed by atoms with van der Waals surface area (Å²) in [6, 6.07) is 9.30.